The summed E-state index contributed by atoms with van der Waals surface area (Å²) in [4.78, 5) is 15.8. The summed E-state index contributed by atoms with van der Waals surface area (Å²) in [5.41, 5.74) is 1.14. The minimum atomic E-state index is 0.0689. The normalized spacial score (nSPS) is 24.8. The highest BCUT2D eigenvalue weighted by Gasteiger charge is 2.41. The van der Waals surface area contributed by atoms with Crippen LogP contribution in [-0.2, 0) is 0 Å². The van der Waals surface area contributed by atoms with Gasteiger partial charge in [-0.3, -0.25) is 4.90 Å². The maximum atomic E-state index is 12.1. The SMILES string of the molecule is O=C1N(CCCl)C2=CCCCC2N1CCCl. The third kappa shape index (κ3) is 2.03. The van der Waals surface area contributed by atoms with Crippen LogP contribution < -0.4 is 0 Å². The van der Waals surface area contributed by atoms with E-state index in [9.17, 15) is 4.79 Å². The highest BCUT2D eigenvalue weighted by Crippen LogP contribution is 2.33. The van der Waals surface area contributed by atoms with Gasteiger partial charge in [0, 0.05) is 30.5 Å². The molecule has 16 heavy (non-hydrogen) atoms. The summed E-state index contributed by atoms with van der Waals surface area (Å²) in [7, 11) is 0. The van der Waals surface area contributed by atoms with Gasteiger partial charge in [-0.1, -0.05) is 6.08 Å². The largest absolute Gasteiger partial charge is 0.324 e. The molecule has 0 saturated carbocycles. The molecule has 2 amide bonds. The Labute approximate surface area is 106 Å². The van der Waals surface area contributed by atoms with Crippen molar-refractivity contribution in [2.24, 2.45) is 0 Å². The minimum absolute atomic E-state index is 0.0689. The van der Waals surface area contributed by atoms with Crippen LogP contribution in [0.3, 0.4) is 0 Å². The fourth-order valence-corrected chi connectivity index (χ4v) is 2.85. The fourth-order valence-electron chi connectivity index (χ4n) is 2.50. The summed E-state index contributed by atoms with van der Waals surface area (Å²) in [6.07, 6.45) is 5.43. The summed E-state index contributed by atoms with van der Waals surface area (Å²) in [5.74, 6) is 0.967. The average molecular weight is 263 g/mol. The molecule has 3 nitrogen and oxygen atoms in total. The number of nitrogens with zero attached hydrogens (tertiary/aromatic N) is 2. The molecule has 1 saturated heterocycles. The van der Waals surface area contributed by atoms with Crippen molar-refractivity contribution in [3.8, 4) is 0 Å². The highest BCUT2D eigenvalue weighted by molar-refractivity contribution is 6.18. The molecule has 2 aliphatic rings. The lowest BCUT2D eigenvalue weighted by molar-refractivity contribution is 0.189. The molecule has 0 bridgehead atoms. The van der Waals surface area contributed by atoms with Crippen LogP contribution in [0.15, 0.2) is 11.8 Å². The van der Waals surface area contributed by atoms with E-state index in [1.54, 1.807) is 0 Å². The first-order valence-electron chi connectivity index (χ1n) is 5.69. The Morgan fingerprint density at radius 1 is 1.31 bits per heavy atom. The molecule has 1 unspecified atom stereocenters. The van der Waals surface area contributed by atoms with E-state index in [0.717, 1.165) is 25.0 Å². The topological polar surface area (TPSA) is 23.6 Å². The number of fused-ring (bicyclic) bond motifs is 1. The quantitative estimate of drug-likeness (QED) is 0.715. The number of carbonyl (C=O) groups is 1. The fraction of sp³-hybridized carbons (Fsp3) is 0.727. The van der Waals surface area contributed by atoms with Crippen molar-refractivity contribution in [2.75, 3.05) is 24.8 Å². The second-order valence-electron chi connectivity index (χ2n) is 4.08. The van der Waals surface area contributed by atoms with Crippen LogP contribution in [0.1, 0.15) is 19.3 Å². The molecule has 1 aliphatic heterocycles. The molecule has 1 fully saturated rings. The maximum absolute atomic E-state index is 12.1. The number of halogens is 2. The number of alkyl halides is 2. The van der Waals surface area contributed by atoms with Gasteiger partial charge in [-0.05, 0) is 19.3 Å². The van der Waals surface area contributed by atoms with E-state index < -0.39 is 0 Å². The zero-order valence-electron chi connectivity index (χ0n) is 9.16. The van der Waals surface area contributed by atoms with Crippen molar-refractivity contribution in [3.63, 3.8) is 0 Å². The van der Waals surface area contributed by atoms with Crippen molar-refractivity contribution in [2.45, 2.75) is 25.3 Å². The Bertz CT molecular complexity index is 306. The smallest absolute Gasteiger partial charge is 0.315 e. The Morgan fingerprint density at radius 2 is 2.06 bits per heavy atom. The van der Waals surface area contributed by atoms with Crippen molar-refractivity contribution in [1.82, 2.24) is 9.80 Å². The zero-order chi connectivity index (χ0) is 11.5. The van der Waals surface area contributed by atoms with Crippen LogP contribution in [0.4, 0.5) is 4.79 Å². The summed E-state index contributed by atoms with van der Waals surface area (Å²) >= 11 is 11.5. The standard InChI is InChI=1S/C11H16Cl2N2O/c12-5-7-14-9-3-1-2-4-10(9)15(8-6-13)11(14)16/h3,10H,1-2,4-8H2. The molecule has 90 valence electrons. The summed E-state index contributed by atoms with van der Waals surface area (Å²) in [6.45, 7) is 1.22. The molecule has 1 aliphatic carbocycles. The van der Waals surface area contributed by atoms with Crippen LogP contribution in [-0.4, -0.2) is 46.7 Å². The lowest BCUT2D eigenvalue weighted by atomic mass is 9.99. The van der Waals surface area contributed by atoms with Gasteiger partial charge in [-0.2, -0.15) is 0 Å². The predicted molar refractivity (Wildman–Crippen MR) is 66.0 cm³/mol. The van der Waals surface area contributed by atoms with Gasteiger partial charge in [0.05, 0.1) is 6.04 Å². The molecular formula is C11H16Cl2N2O. The molecule has 0 aromatic heterocycles. The van der Waals surface area contributed by atoms with E-state index in [2.05, 4.69) is 6.08 Å². The summed E-state index contributed by atoms with van der Waals surface area (Å²) in [6, 6.07) is 0.308. The molecule has 5 heteroatoms. The van der Waals surface area contributed by atoms with Crippen LogP contribution >= 0.6 is 23.2 Å². The predicted octanol–water partition coefficient (Wildman–Crippen LogP) is 2.64. The van der Waals surface area contributed by atoms with E-state index in [4.69, 9.17) is 23.2 Å². The monoisotopic (exact) mass is 262 g/mol. The third-order valence-electron chi connectivity index (χ3n) is 3.17. The molecule has 0 aromatic carbocycles. The molecule has 1 atom stereocenters. The van der Waals surface area contributed by atoms with Gasteiger partial charge < -0.3 is 4.90 Å². The number of allylic oxidation sites excluding steroid dienone is 1. The number of hydrogen-bond acceptors (Lipinski definition) is 1. The van der Waals surface area contributed by atoms with E-state index in [1.165, 1.54) is 0 Å². The lowest BCUT2D eigenvalue weighted by Crippen LogP contribution is -2.36. The average Bonchev–Trinajstić information content (AvgIpc) is 2.56. The van der Waals surface area contributed by atoms with E-state index >= 15 is 0 Å². The number of carbonyl (C=O) groups excluding carboxylic acids is 1. The second kappa shape index (κ2) is 5.28. The Balaban J connectivity index is 2.21. The summed E-state index contributed by atoms with van der Waals surface area (Å²) < 4.78 is 0. The first-order valence-corrected chi connectivity index (χ1v) is 6.76. The molecule has 0 radical (unpaired) electrons. The maximum Gasteiger partial charge on any atom is 0.324 e. The van der Waals surface area contributed by atoms with Gasteiger partial charge in [0.15, 0.2) is 0 Å². The van der Waals surface area contributed by atoms with Crippen LogP contribution in [0, 0.1) is 0 Å². The van der Waals surface area contributed by atoms with Crippen LogP contribution in [0.2, 0.25) is 0 Å². The highest BCUT2D eigenvalue weighted by atomic mass is 35.5. The second-order valence-corrected chi connectivity index (χ2v) is 4.84. The number of urea groups is 1. The molecular weight excluding hydrogens is 247 g/mol. The van der Waals surface area contributed by atoms with Crippen molar-refractivity contribution < 1.29 is 4.79 Å². The summed E-state index contributed by atoms with van der Waals surface area (Å²) in [5, 5.41) is 0. The molecule has 0 spiro atoms. The molecule has 0 N–H and O–H groups in total. The van der Waals surface area contributed by atoms with Crippen LogP contribution in [0.25, 0.3) is 0 Å². The first kappa shape index (κ1) is 12.1. The Kier molecular flexibility index (Phi) is 3.98. The lowest BCUT2D eigenvalue weighted by Gasteiger charge is -2.24. The van der Waals surface area contributed by atoms with Crippen LogP contribution in [0.5, 0.6) is 0 Å². The van der Waals surface area contributed by atoms with Gasteiger partial charge in [-0.15, -0.1) is 23.2 Å². The molecule has 0 aromatic rings. The van der Waals surface area contributed by atoms with E-state index in [1.807, 2.05) is 9.80 Å². The van der Waals surface area contributed by atoms with E-state index in [-0.39, 0.29) is 12.1 Å². The van der Waals surface area contributed by atoms with Crippen molar-refractivity contribution >= 4 is 29.2 Å². The van der Waals surface area contributed by atoms with Gasteiger partial charge >= 0.3 is 6.03 Å². The first-order chi connectivity index (χ1) is 7.79. The van der Waals surface area contributed by atoms with Gasteiger partial charge in [0.1, 0.15) is 0 Å². The molecule has 2 rings (SSSR count). The van der Waals surface area contributed by atoms with Gasteiger partial charge in [0.25, 0.3) is 0 Å². The van der Waals surface area contributed by atoms with Gasteiger partial charge in [0.2, 0.25) is 0 Å². The number of rotatable bonds is 4. The van der Waals surface area contributed by atoms with E-state index in [0.29, 0.717) is 24.8 Å². The zero-order valence-corrected chi connectivity index (χ0v) is 10.7. The van der Waals surface area contributed by atoms with Crippen molar-refractivity contribution in [3.05, 3.63) is 11.8 Å². The Hall–Kier alpha value is -0.410. The van der Waals surface area contributed by atoms with Gasteiger partial charge in [-0.25, -0.2) is 4.79 Å². The third-order valence-corrected chi connectivity index (χ3v) is 3.51. The van der Waals surface area contributed by atoms with Crippen molar-refractivity contribution in [1.29, 1.82) is 0 Å². The Morgan fingerprint density at radius 3 is 2.75 bits per heavy atom. The number of hydrogen-bond donors (Lipinski definition) is 0. The molecule has 1 heterocycles. The number of amides is 2. The minimum Gasteiger partial charge on any atom is -0.315 e.